The zero-order valence-corrected chi connectivity index (χ0v) is 18.9. The first-order valence-corrected chi connectivity index (χ1v) is 11.0. The molecule has 2 aromatic rings. The SMILES string of the molecule is CCNC(=NCCC(=O)N1CCN(c2ncccn2)CC1)N(C)Cc1ccc(Cl)cc1. The van der Waals surface area contributed by atoms with Gasteiger partial charge in [0.1, 0.15) is 0 Å². The molecule has 0 saturated carbocycles. The summed E-state index contributed by atoms with van der Waals surface area (Å²) in [4.78, 5) is 31.9. The fourth-order valence-corrected chi connectivity index (χ4v) is 3.56. The highest BCUT2D eigenvalue weighted by Gasteiger charge is 2.22. The number of carbonyl (C=O) groups is 1. The van der Waals surface area contributed by atoms with Gasteiger partial charge in [-0.15, -0.1) is 0 Å². The quantitative estimate of drug-likeness (QED) is 0.522. The fourth-order valence-electron chi connectivity index (χ4n) is 3.43. The second-order valence-electron chi connectivity index (χ2n) is 7.38. The van der Waals surface area contributed by atoms with Gasteiger partial charge in [-0.25, -0.2) is 9.97 Å². The first-order chi connectivity index (χ1) is 15.1. The van der Waals surface area contributed by atoms with Crippen molar-refractivity contribution in [3.05, 3.63) is 53.3 Å². The highest BCUT2D eigenvalue weighted by Crippen LogP contribution is 2.12. The Morgan fingerprint density at radius 3 is 2.48 bits per heavy atom. The third-order valence-corrected chi connectivity index (χ3v) is 5.34. The van der Waals surface area contributed by atoms with Gasteiger partial charge in [0.15, 0.2) is 5.96 Å². The monoisotopic (exact) mass is 443 g/mol. The zero-order valence-electron chi connectivity index (χ0n) is 18.2. The van der Waals surface area contributed by atoms with E-state index in [2.05, 4.69) is 30.1 Å². The van der Waals surface area contributed by atoms with Gasteiger partial charge in [-0.2, -0.15) is 0 Å². The van der Waals surface area contributed by atoms with E-state index in [0.717, 1.165) is 42.1 Å². The van der Waals surface area contributed by atoms with Crippen molar-refractivity contribution in [2.75, 3.05) is 51.2 Å². The summed E-state index contributed by atoms with van der Waals surface area (Å²) >= 11 is 5.97. The first kappa shape index (κ1) is 22.8. The summed E-state index contributed by atoms with van der Waals surface area (Å²) < 4.78 is 0. The number of hydrogen-bond donors (Lipinski definition) is 1. The Morgan fingerprint density at radius 1 is 1.16 bits per heavy atom. The molecule has 1 aliphatic rings. The molecule has 0 aliphatic carbocycles. The van der Waals surface area contributed by atoms with Gasteiger partial charge in [-0.3, -0.25) is 9.79 Å². The van der Waals surface area contributed by atoms with Gasteiger partial charge in [0, 0.05) is 70.2 Å². The van der Waals surface area contributed by atoms with E-state index in [1.165, 1.54) is 0 Å². The maximum absolute atomic E-state index is 12.6. The van der Waals surface area contributed by atoms with Crippen molar-refractivity contribution in [2.24, 2.45) is 4.99 Å². The number of anilines is 1. The minimum absolute atomic E-state index is 0.133. The van der Waals surface area contributed by atoms with Crippen molar-refractivity contribution in [3.8, 4) is 0 Å². The fraction of sp³-hybridized carbons (Fsp3) is 0.455. The first-order valence-electron chi connectivity index (χ1n) is 10.6. The Labute approximate surface area is 188 Å². The van der Waals surface area contributed by atoms with Crippen LogP contribution in [0.15, 0.2) is 47.7 Å². The second kappa shape index (κ2) is 11.5. The molecule has 1 amide bonds. The molecule has 0 unspecified atom stereocenters. The average molecular weight is 444 g/mol. The maximum Gasteiger partial charge on any atom is 0.225 e. The molecule has 0 bridgehead atoms. The van der Waals surface area contributed by atoms with E-state index >= 15 is 0 Å². The molecule has 1 aliphatic heterocycles. The topological polar surface area (TPSA) is 77.0 Å². The van der Waals surface area contributed by atoms with Gasteiger partial charge < -0.3 is 20.0 Å². The van der Waals surface area contributed by atoms with E-state index in [1.54, 1.807) is 18.5 Å². The Bertz CT molecular complexity index is 852. The van der Waals surface area contributed by atoms with E-state index in [0.29, 0.717) is 32.6 Å². The minimum atomic E-state index is 0.133. The van der Waals surface area contributed by atoms with Crippen LogP contribution in [0.1, 0.15) is 18.9 Å². The molecule has 1 aromatic carbocycles. The van der Waals surface area contributed by atoms with Crippen LogP contribution in [-0.2, 0) is 11.3 Å². The summed E-state index contributed by atoms with van der Waals surface area (Å²) in [5.74, 6) is 1.64. The molecule has 0 radical (unpaired) electrons. The molecule has 8 nitrogen and oxygen atoms in total. The Hall–Kier alpha value is -2.87. The summed E-state index contributed by atoms with van der Waals surface area (Å²) in [6.45, 7) is 6.80. The van der Waals surface area contributed by atoms with Crippen LogP contribution in [0, 0.1) is 0 Å². The summed E-state index contributed by atoms with van der Waals surface area (Å²) in [5.41, 5.74) is 1.15. The molecule has 1 fully saturated rings. The Morgan fingerprint density at radius 2 is 1.84 bits per heavy atom. The van der Waals surface area contributed by atoms with Gasteiger partial charge in [0.25, 0.3) is 0 Å². The Balaban J connectivity index is 1.47. The van der Waals surface area contributed by atoms with E-state index < -0.39 is 0 Å². The standard InChI is InChI=1S/C22H30ClN7O/c1-3-24-21(28(2)17-18-5-7-19(23)8-6-18)27-12-9-20(31)29-13-15-30(16-14-29)22-25-10-4-11-26-22/h4-8,10-11H,3,9,12-17H2,1-2H3,(H,24,27). The normalized spacial score (nSPS) is 14.5. The lowest BCUT2D eigenvalue weighted by Crippen LogP contribution is -2.49. The largest absolute Gasteiger partial charge is 0.357 e. The van der Waals surface area contributed by atoms with Gasteiger partial charge in [0.2, 0.25) is 11.9 Å². The molecule has 0 spiro atoms. The summed E-state index contributed by atoms with van der Waals surface area (Å²) in [6, 6.07) is 9.59. The average Bonchev–Trinajstić information content (AvgIpc) is 2.80. The molecule has 166 valence electrons. The molecule has 3 rings (SSSR count). The highest BCUT2D eigenvalue weighted by atomic mass is 35.5. The van der Waals surface area contributed by atoms with Crippen molar-refractivity contribution in [2.45, 2.75) is 19.9 Å². The lowest BCUT2D eigenvalue weighted by molar-refractivity contribution is -0.131. The number of piperazine rings is 1. The van der Waals surface area contributed by atoms with E-state index in [4.69, 9.17) is 11.6 Å². The number of benzene rings is 1. The number of hydrogen-bond acceptors (Lipinski definition) is 5. The lowest BCUT2D eigenvalue weighted by Gasteiger charge is -2.34. The molecule has 0 atom stereocenters. The summed E-state index contributed by atoms with van der Waals surface area (Å²) in [7, 11) is 1.99. The smallest absolute Gasteiger partial charge is 0.225 e. The van der Waals surface area contributed by atoms with Crippen LogP contribution in [0.3, 0.4) is 0 Å². The number of rotatable bonds is 7. The number of amides is 1. The van der Waals surface area contributed by atoms with E-state index in [1.807, 2.05) is 43.1 Å². The number of guanidine groups is 1. The van der Waals surface area contributed by atoms with Crippen LogP contribution >= 0.6 is 11.6 Å². The molecule has 9 heteroatoms. The number of halogens is 1. The highest BCUT2D eigenvalue weighted by molar-refractivity contribution is 6.30. The maximum atomic E-state index is 12.6. The minimum Gasteiger partial charge on any atom is -0.357 e. The Kier molecular flexibility index (Phi) is 8.46. The molecule has 31 heavy (non-hydrogen) atoms. The molecule has 1 N–H and O–H groups in total. The molecular weight excluding hydrogens is 414 g/mol. The second-order valence-corrected chi connectivity index (χ2v) is 7.82. The van der Waals surface area contributed by atoms with Crippen LogP contribution in [-0.4, -0.2) is 78.0 Å². The zero-order chi connectivity index (χ0) is 22.1. The van der Waals surface area contributed by atoms with Crippen LogP contribution in [0.4, 0.5) is 5.95 Å². The van der Waals surface area contributed by atoms with Gasteiger partial charge in [-0.1, -0.05) is 23.7 Å². The number of nitrogens with one attached hydrogen (secondary N) is 1. The number of aromatic nitrogens is 2. The number of nitrogens with zero attached hydrogens (tertiary/aromatic N) is 6. The van der Waals surface area contributed by atoms with Crippen LogP contribution in [0.2, 0.25) is 5.02 Å². The molecule has 1 aromatic heterocycles. The van der Waals surface area contributed by atoms with Crippen molar-refractivity contribution >= 4 is 29.4 Å². The van der Waals surface area contributed by atoms with Gasteiger partial charge in [0.05, 0.1) is 6.54 Å². The van der Waals surface area contributed by atoms with Gasteiger partial charge >= 0.3 is 0 Å². The molecule has 2 heterocycles. The van der Waals surface area contributed by atoms with Crippen molar-refractivity contribution in [1.82, 2.24) is 25.1 Å². The van der Waals surface area contributed by atoms with E-state index in [9.17, 15) is 4.79 Å². The third-order valence-electron chi connectivity index (χ3n) is 5.08. The van der Waals surface area contributed by atoms with Gasteiger partial charge in [-0.05, 0) is 30.7 Å². The number of aliphatic imine (C=N–C) groups is 1. The third kappa shape index (κ3) is 6.82. The van der Waals surface area contributed by atoms with Crippen LogP contribution in [0.25, 0.3) is 0 Å². The predicted molar refractivity (Wildman–Crippen MR) is 124 cm³/mol. The van der Waals surface area contributed by atoms with Crippen LogP contribution < -0.4 is 10.2 Å². The van der Waals surface area contributed by atoms with E-state index in [-0.39, 0.29) is 5.91 Å². The van der Waals surface area contributed by atoms with Crippen LogP contribution in [0.5, 0.6) is 0 Å². The predicted octanol–water partition coefficient (Wildman–Crippen LogP) is 2.27. The van der Waals surface area contributed by atoms with Crippen molar-refractivity contribution in [1.29, 1.82) is 0 Å². The van der Waals surface area contributed by atoms with Crippen molar-refractivity contribution < 1.29 is 4.79 Å². The molecule has 1 saturated heterocycles. The molecular formula is C22H30ClN7O. The summed E-state index contributed by atoms with van der Waals surface area (Å²) in [6.07, 6.45) is 3.87. The summed E-state index contributed by atoms with van der Waals surface area (Å²) in [5, 5.41) is 4.02. The number of carbonyl (C=O) groups excluding carboxylic acids is 1. The lowest BCUT2D eigenvalue weighted by atomic mass is 10.2. The van der Waals surface area contributed by atoms with Crippen molar-refractivity contribution in [3.63, 3.8) is 0 Å².